The molecular formula is C14H15ClOV. The number of benzene rings is 1. The van der Waals surface area contributed by atoms with Crippen molar-refractivity contribution >= 4 is 17.7 Å². The first-order valence-corrected chi connectivity index (χ1v) is 6.18. The predicted octanol–water partition coefficient (Wildman–Crippen LogP) is 3.93. The zero-order valence-electron chi connectivity index (χ0n) is 9.82. The molecule has 3 heteroatoms. The molecule has 1 aliphatic heterocycles. The molecule has 1 aliphatic carbocycles. The van der Waals surface area contributed by atoms with Crippen molar-refractivity contribution in [3.8, 4) is 0 Å². The third kappa shape index (κ3) is 2.10. The molecule has 1 fully saturated rings. The minimum absolute atomic E-state index is 0. The van der Waals surface area contributed by atoms with Gasteiger partial charge in [-0.1, -0.05) is 47.5 Å². The van der Waals surface area contributed by atoms with Gasteiger partial charge in [-0.15, -0.1) is 0 Å². The number of ether oxygens (including phenoxy) is 1. The molecule has 2 aliphatic rings. The van der Waals surface area contributed by atoms with Crippen molar-refractivity contribution in [1.82, 2.24) is 0 Å². The van der Waals surface area contributed by atoms with Crippen LogP contribution in [0.2, 0.25) is 0 Å². The summed E-state index contributed by atoms with van der Waals surface area (Å²) in [5.41, 5.74) is 3.93. The molecule has 2 unspecified atom stereocenters. The molecule has 0 amide bonds. The molecule has 0 saturated carbocycles. The fourth-order valence-electron chi connectivity index (χ4n) is 2.91. The number of rotatable bonds is 1. The van der Waals surface area contributed by atoms with E-state index >= 15 is 0 Å². The normalized spacial score (nSPS) is 30.7. The maximum atomic E-state index is 6.64. The third-order valence-electron chi connectivity index (χ3n) is 3.58. The average Bonchev–Trinajstić information content (AvgIpc) is 2.81. The van der Waals surface area contributed by atoms with Gasteiger partial charge in [0.2, 0.25) is 0 Å². The Kier molecular flexibility index (Phi) is 3.75. The Labute approximate surface area is 119 Å². The first-order chi connectivity index (χ1) is 7.71. The van der Waals surface area contributed by atoms with E-state index in [9.17, 15) is 0 Å². The maximum absolute atomic E-state index is 6.64. The van der Waals surface area contributed by atoms with Crippen molar-refractivity contribution in [2.24, 2.45) is 0 Å². The molecular weight excluding hydrogens is 271 g/mol. The second-order valence-corrected chi connectivity index (χ2v) is 5.33. The van der Waals surface area contributed by atoms with Crippen LogP contribution in [0.3, 0.4) is 0 Å². The first-order valence-electron chi connectivity index (χ1n) is 5.81. The monoisotopic (exact) mass is 285 g/mol. The molecule has 89 valence electrons. The predicted molar refractivity (Wildman–Crippen MR) is 66.6 cm³/mol. The zero-order valence-corrected chi connectivity index (χ0v) is 12.0. The molecule has 0 N–H and O–H groups in total. The van der Waals surface area contributed by atoms with Gasteiger partial charge in [0, 0.05) is 31.1 Å². The molecule has 2 atom stereocenters. The van der Waals surface area contributed by atoms with Crippen LogP contribution >= 0.6 is 11.6 Å². The van der Waals surface area contributed by atoms with Crippen LogP contribution in [-0.4, -0.2) is 11.7 Å². The molecule has 1 radical (unpaired) electrons. The van der Waals surface area contributed by atoms with E-state index in [-0.39, 0.29) is 24.5 Å². The fourth-order valence-corrected chi connectivity index (χ4v) is 3.41. The van der Waals surface area contributed by atoms with E-state index in [1.165, 1.54) is 16.7 Å². The molecule has 1 heterocycles. The smallest absolute Gasteiger partial charge is 0.152 e. The van der Waals surface area contributed by atoms with Crippen molar-refractivity contribution in [1.29, 1.82) is 0 Å². The molecule has 3 rings (SSSR count). The van der Waals surface area contributed by atoms with Crippen LogP contribution in [0.1, 0.15) is 36.8 Å². The van der Waals surface area contributed by atoms with Gasteiger partial charge in [0.05, 0.1) is 0 Å². The van der Waals surface area contributed by atoms with Crippen molar-refractivity contribution in [2.45, 2.75) is 30.7 Å². The molecule has 1 aromatic carbocycles. The van der Waals surface area contributed by atoms with E-state index < -0.39 is 5.06 Å². The number of hydrogen-bond acceptors (Lipinski definition) is 1. The second kappa shape index (κ2) is 4.82. The van der Waals surface area contributed by atoms with Gasteiger partial charge < -0.3 is 4.74 Å². The SMILES string of the molecule is CC1=Cc2ccccc2C1C1(Cl)CCCO1.[V]. The van der Waals surface area contributed by atoms with E-state index in [1.807, 2.05) is 0 Å². The summed E-state index contributed by atoms with van der Waals surface area (Å²) in [6.07, 6.45) is 4.24. The molecule has 1 saturated heterocycles. The number of hydrogen-bond donors (Lipinski definition) is 0. The van der Waals surface area contributed by atoms with Gasteiger partial charge in [-0.2, -0.15) is 0 Å². The van der Waals surface area contributed by atoms with Gasteiger partial charge in [-0.05, 0) is 30.9 Å². The molecule has 1 aromatic rings. The minimum atomic E-state index is -0.507. The van der Waals surface area contributed by atoms with Crippen LogP contribution in [0.25, 0.3) is 6.08 Å². The van der Waals surface area contributed by atoms with Gasteiger partial charge in [0.1, 0.15) is 0 Å². The number of halogens is 1. The topological polar surface area (TPSA) is 9.23 Å². The summed E-state index contributed by atoms with van der Waals surface area (Å²) in [4.78, 5) is 0. The van der Waals surface area contributed by atoms with Crippen molar-refractivity contribution in [2.75, 3.05) is 6.61 Å². The van der Waals surface area contributed by atoms with E-state index in [1.54, 1.807) is 0 Å². The van der Waals surface area contributed by atoms with Crippen LogP contribution < -0.4 is 0 Å². The van der Waals surface area contributed by atoms with E-state index in [0.717, 1.165) is 19.4 Å². The average molecular weight is 286 g/mol. The second-order valence-electron chi connectivity index (χ2n) is 4.69. The Hall–Kier alpha value is -0.206. The Balaban J connectivity index is 0.00000108. The number of alkyl halides is 1. The molecule has 0 bridgehead atoms. The summed E-state index contributed by atoms with van der Waals surface area (Å²) in [7, 11) is 0. The van der Waals surface area contributed by atoms with Crippen LogP contribution in [0, 0.1) is 0 Å². The van der Waals surface area contributed by atoms with Gasteiger partial charge >= 0.3 is 0 Å². The van der Waals surface area contributed by atoms with Crippen LogP contribution in [0.5, 0.6) is 0 Å². The van der Waals surface area contributed by atoms with Gasteiger partial charge in [0.15, 0.2) is 5.06 Å². The largest absolute Gasteiger partial charge is 0.359 e. The van der Waals surface area contributed by atoms with E-state index in [4.69, 9.17) is 16.3 Å². The standard InChI is InChI=1S/C14H15ClO.V/c1-10-9-11-5-2-3-6-12(11)13(10)14(15)7-4-8-16-14;/h2-3,5-6,9,13H,4,7-8H2,1H3;. The summed E-state index contributed by atoms with van der Waals surface area (Å²) in [6.45, 7) is 2.94. The zero-order chi connectivity index (χ0) is 11.2. The quantitative estimate of drug-likeness (QED) is 0.711. The molecule has 1 nitrogen and oxygen atoms in total. The van der Waals surface area contributed by atoms with Crippen LogP contribution in [0.15, 0.2) is 29.8 Å². The fraction of sp³-hybridized carbons (Fsp3) is 0.429. The van der Waals surface area contributed by atoms with E-state index in [0.29, 0.717) is 0 Å². The van der Waals surface area contributed by atoms with Crippen molar-refractivity contribution in [3.05, 3.63) is 41.0 Å². The summed E-state index contributed by atoms with van der Waals surface area (Å²) in [6, 6.07) is 8.46. The van der Waals surface area contributed by atoms with E-state index in [2.05, 4.69) is 37.3 Å². The van der Waals surface area contributed by atoms with Gasteiger partial charge in [-0.3, -0.25) is 0 Å². The summed E-state index contributed by atoms with van der Waals surface area (Å²) in [5, 5.41) is -0.507. The Morgan fingerprint density at radius 1 is 1.35 bits per heavy atom. The maximum Gasteiger partial charge on any atom is 0.152 e. The molecule has 17 heavy (non-hydrogen) atoms. The van der Waals surface area contributed by atoms with Crippen molar-refractivity contribution < 1.29 is 23.3 Å². The third-order valence-corrected chi connectivity index (χ3v) is 4.10. The Morgan fingerprint density at radius 3 is 2.82 bits per heavy atom. The van der Waals surface area contributed by atoms with Crippen molar-refractivity contribution in [3.63, 3.8) is 0 Å². The van der Waals surface area contributed by atoms with Gasteiger partial charge in [0.25, 0.3) is 0 Å². The first kappa shape index (κ1) is 13.2. The summed E-state index contributed by atoms with van der Waals surface area (Å²) < 4.78 is 5.78. The Morgan fingerprint density at radius 2 is 2.12 bits per heavy atom. The minimum Gasteiger partial charge on any atom is -0.359 e. The Bertz CT molecular complexity index is 449. The van der Waals surface area contributed by atoms with Crippen LogP contribution in [0.4, 0.5) is 0 Å². The summed E-state index contributed by atoms with van der Waals surface area (Å²) in [5.74, 6) is 0.230. The molecule has 0 aromatic heterocycles. The van der Waals surface area contributed by atoms with Gasteiger partial charge in [-0.25, -0.2) is 0 Å². The van der Waals surface area contributed by atoms with Crippen LogP contribution in [-0.2, 0) is 23.3 Å². The number of fused-ring (bicyclic) bond motifs is 1. The molecule has 0 spiro atoms. The summed E-state index contributed by atoms with van der Waals surface area (Å²) >= 11 is 6.64.